The van der Waals surface area contributed by atoms with E-state index in [9.17, 15) is 8.78 Å². The van der Waals surface area contributed by atoms with Crippen LogP contribution in [0.2, 0.25) is 0 Å². The Balaban J connectivity index is 2.16. The van der Waals surface area contributed by atoms with Gasteiger partial charge in [0.05, 0.1) is 0 Å². The van der Waals surface area contributed by atoms with E-state index in [1.165, 1.54) is 0 Å². The highest BCUT2D eigenvalue weighted by atomic mass is 19.3. The Bertz CT molecular complexity index is 500. The zero-order valence-electron chi connectivity index (χ0n) is 8.94. The lowest BCUT2D eigenvalue weighted by Crippen LogP contribution is -1.83. The average molecular weight is 232 g/mol. The summed E-state index contributed by atoms with van der Waals surface area (Å²) >= 11 is 0. The van der Waals surface area contributed by atoms with Gasteiger partial charge in [-0.15, -0.1) is 0 Å². The third kappa shape index (κ3) is 3.14. The van der Waals surface area contributed by atoms with E-state index in [4.69, 9.17) is 4.74 Å². The molecule has 3 heteroatoms. The van der Waals surface area contributed by atoms with Crippen LogP contribution in [0.5, 0.6) is 5.75 Å². The van der Waals surface area contributed by atoms with Crippen LogP contribution in [0.3, 0.4) is 0 Å². The van der Waals surface area contributed by atoms with Gasteiger partial charge in [-0.3, -0.25) is 0 Å². The minimum atomic E-state index is -1.85. The first-order valence-electron chi connectivity index (χ1n) is 5.09. The van der Waals surface area contributed by atoms with Crippen LogP contribution in [-0.4, -0.2) is 0 Å². The van der Waals surface area contributed by atoms with E-state index in [2.05, 4.69) is 0 Å². The van der Waals surface area contributed by atoms with Crippen LogP contribution in [0, 0.1) is 0 Å². The predicted molar refractivity (Wildman–Crippen MR) is 62.8 cm³/mol. The Morgan fingerprint density at radius 2 is 1.41 bits per heavy atom. The molecule has 2 aromatic rings. The van der Waals surface area contributed by atoms with E-state index < -0.39 is 6.08 Å². The van der Waals surface area contributed by atoms with Crippen molar-refractivity contribution >= 4 is 0 Å². The molecule has 0 atom stereocenters. The molecule has 17 heavy (non-hydrogen) atoms. The van der Waals surface area contributed by atoms with Gasteiger partial charge in [0.1, 0.15) is 5.75 Å². The molecule has 2 rings (SSSR count). The van der Waals surface area contributed by atoms with Crippen molar-refractivity contribution in [2.45, 2.75) is 0 Å². The molecule has 1 nitrogen and oxygen atoms in total. The summed E-state index contributed by atoms with van der Waals surface area (Å²) < 4.78 is 28.3. The summed E-state index contributed by atoms with van der Waals surface area (Å²) in [5, 5.41) is 0. The van der Waals surface area contributed by atoms with Crippen LogP contribution in [0.4, 0.5) is 8.78 Å². The van der Waals surface area contributed by atoms with Gasteiger partial charge in [-0.05, 0) is 23.3 Å². The molecule has 0 heterocycles. The first-order valence-corrected chi connectivity index (χ1v) is 5.09. The largest absolute Gasteiger partial charge is 0.459 e. The van der Waals surface area contributed by atoms with E-state index in [0.717, 1.165) is 11.1 Å². The minimum Gasteiger partial charge on any atom is -0.459 e. The second-order valence-electron chi connectivity index (χ2n) is 3.42. The summed E-state index contributed by atoms with van der Waals surface area (Å²) in [6.07, 6.45) is -1.42. The molecule has 2 aromatic carbocycles. The van der Waals surface area contributed by atoms with Crippen LogP contribution < -0.4 is 4.74 Å². The maximum Gasteiger partial charge on any atom is 0.305 e. The molecule has 0 amide bonds. The van der Waals surface area contributed by atoms with E-state index in [-0.39, 0.29) is 0 Å². The number of rotatable bonds is 3. The van der Waals surface area contributed by atoms with Crippen molar-refractivity contribution in [2.75, 3.05) is 0 Å². The summed E-state index contributed by atoms with van der Waals surface area (Å²) in [7, 11) is 0. The number of ether oxygens (including phenoxy) is 1. The van der Waals surface area contributed by atoms with Gasteiger partial charge in [-0.1, -0.05) is 42.5 Å². The summed E-state index contributed by atoms with van der Waals surface area (Å²) in [4.78, 5) is 0. The number of benzene rings is 2. The van der Waals surface area contributed by atoms with Gasteiger partial charge in [0.15, 0.2) is 6.26 Å². The second kappa shape index (κ2) is 5.25. The molecule has 0 unspecified atom stereocenters. The normalized spacial score (nSPS) is 9.76. The topological polar surface area (TPSA) is 9.23 Å². The molecule has 0 aliphatic rings. The molecule has 0 aliphatic heterocycles. The Labute approximate surface area is 98.0 Å². The fourth-order valence-electron chi connectivity index (χ4n) is 1.47. The summed E-state index contributed by atoms with van der Waals surface area (Å²) in [5.41, 5.74) is 2.09. The zero-order valence-corrected chi connectivity index (χ0v) is 8.94. The van der Waals surface area contributed by atoms with Crippen LogP contribution >= 0.6 is 0 Å². The molecule has 0 aromatic heterocycles. The smallest absolute Gasteiger partial charge is 0.305 e. The molecule has 0 saturated heterocycles. The molecule has 0 bridgehead atoms. The maximum absolute atomic E-state index is 11.8. The van der Waals surface area contributed by atoms with Gasteiger partial charge in [0.2, 0.25) is 0 Å². The van der Waals surface area contributed by atoms with Crippen molar-refractivity contribution in [3.8, 4) is 16.9 Å². The highest BCUT2D eigenvalue weighted by Gasteiger charge is 1.97. The fraction of sp³-hybridized carbons (Fsp3) is 0. The summed E-state index contributed by atoms with van der Waals surface area (Å²) in [5.74, 6) is 0.387. The first-order chi connectivity index (χ1) is 8.25. The maximum atomic E-state index is 11.8. The average Bonchev–Trinajstić information content (AvgIpc) is 2.38. The molecule has 0 saturated carbocycles. The van der Waals surface area contributed by atoms with Crippen LogP contribution in [0.1, 0.15) is 0 Å². The van der Waals surface area contributed by atoms with E-state index in [1.807, 2.05) is 42.5 Å². The quantitative estimate of drug-likeness (QED) is 0.709. The van der Waals surface area contributed by atoms with E-state index in [1.54, 1.807) is 12.1 Å². The lowest BCUT2D eigenvalue weighted by Gasteiger charge is -2.03. The summed E-state index contributed by atoms with van der Waals surface area (Å²) in [6.45, 7) is 0. The van der Waals surface area contributed by atoms with Crippen molar-refractivity contribution < 1.29 is 13.5 Å². The second-order valence-corrected chi connectivity index (χ2v) is 3.42. The summed E-state index contributed by atoms with van der Waals surface area (Å²) in [6, 6.07) is 16.8. The van der Waals surface area contributed by atoms with Gasteiger partial charge in [-0.2, -0.15) is 8.78 Å². The van der Waals surface area contributed by atoms with Crippen LogP contribution in [-0.2, 0) is 0 Å². The van der Waals surface area contributed by atoms with Gasteiger partial charge in [0, 0.05) is 0 Å². The Morgan fingerprint density at radius 1 is 0.824 bits per heavy atom. The Kier molecular flexibility index (Phi) is 3.50. The van der Waals surface area contributed by atoms with Crippen LogP contribution in [0.25, 0.3) is 11.1 Å². The third-order valence-corrected chi connectivity index (χ3v) is 2.25. The minimum absolute atomic E-state index is 0.387. The highest BCUT2D eigenvalue weighted by molar-refractivity contribution is 5.63. The van der Waals surface area contributed by atoms with Crippen molar-refractivity contribution in [2.24, 2.45) is 0 Å². The fourth-order valence-corrected chi connectivity index (χ4v) is 1.47. The lowest BCUT2D eigenvalue weighted by molar-refractivity contribution is 0.365. The SMILES string of the molecule is FC(F)=COc1ccc(-c2ccccc2)cc1. The molecule has 0 aliphatic carbocycles. The number of hydrogen-bond donors (Lipinski definition) is 0. The molecule has 0 N–H and O–H groups in total. The molecular formula is C14H10F2O. The van der Waals surface area contributed by atoms with Gasteiger partial charge in [0.25, 0.3) is 0 Å². The molecule has 86 valence electrons. The van der Waals surface area contributed by atoms with Crippen molar-refractivity contribution in [1.29, 1.82) is 0 Å². The molecule has 0 radical (unpaired) electrons. The van der Waals surface area contributed by atoms with Crippen LogP contribution in [0.15, 0.2) is 66.9 Å². The molecular weight excluding hydrogens is 222 g/mol. The van der Waals surface area contributed by atoms with Crippen molar-refractivity contribution in [3.63, 3.8) is 0 Å². The van der Waals surface area contributed by atoms with E-state index >= 15 is 0 Å². The Morgan fingerprint density at radius 3 is 2.00 bits per heavy atom. The molecule has 0 fully saturated rings. The predicted octanol–water partition coefficient (Wildman–Crippen LogP) is 4.47. The Hall–Kier alpha value is -2.16. The standard InChI is InChI=1S/C14H10F2O/c15-14(16)10-17-13-8-6-12(7-9-13)11-4-2-1-3-5-11/h1-10H. The lowest BCUT2D eigenvalue weighted by atomic mass is 10.1. The van der Waals surface area contributed by atoms with Gasteiger partial charge in [-0.25, -0.2) is 0 Å². The first kappa shape index (κ1) is 11.3. The monoisotopic (exact) mass is 232 g/mol. The number of halogens is 2. The van der Waals surface area contributed by atoms with Gasteiger partial charge >= 0.3 is 6.08 Å². The third-order valence-electron chi connectivity index (χ3n) is 2.25. The van der Waals surface area contributed by atoms with Crippen molar-refractivity contribution in [1.82, 2.24) is 0 Å². The molecule has 0 spiro atoms. The van der Waals surface area contributed by atoms with E-state index in [0.29, 0.717) is 12.0 Å². The number of hydrogen-bond acceptors (Lipinski definition) is 1. The zero-order chi connectivity index (χ0) is 12.1. The van der Waals surface area contributed by atoms with Gasteiger partial charge < -0.3 is 4.74 Å². The highest BCUT2D eigenvalue weighted by Crippen LogP contribution is 2.22. The van der Waals surface area contributed by atoms with Crippen molar-refractivity contribution in [3.05, 3.63) is 66.9 Å².